The number of rotatable bonds is 5. The minimum absolute atomic E-state index is 0.507. The molecule has 4 heterocycles. The zero-order valence-electron chi connectivity index (χ0n) is 18.6. The lowest BCUT2D eigenvalue weighted by Gasteiger charge is -2.32. The van der Waals surface area contributed by atoms with Crippen LogP contribution in [0.1, 0.15) is 30.1 Å². The van der Waals surface area contributed by atoms with Crippen LogP contribution in [-0.4, -0.2) is 37.7 Å². The minimum atomic E-state index is 0.507. The molecule has 5 heteroatoms. The summed E-state index contributed by atoms with van der Waals surface area (Å²) in [6.45, 7) is 3.10. The molecule has 0 unspecified atom stereocenters. The third-order valence-corrected chi connectivity index (χ3v) is 6.84. The Balaban J connectivity index is 1.16. The molecule has 0 saturated carbocycles. The molecule has 0 aliphatic carbocycles. The van der Waals surface area contributed by atoms with Crippen LogP contribution in [0.15, 0.2) is 91.4 Å². The molecule has 0 radical (unpaired) electrons. The van der Waals surface area contributed by atoms with Gasteiger partial charge in [0.25, 0.3) is 0 Å². The summed E-state index contributed by atoms with van der Waals surface area (Å²) < 4.78 is 2.19. The quantitative estimate of drug-likeness (QED) is 0.381. The van der Waals surface area contributed by atoms with Crippen molar-refractivity contribution in [2.45, 2.75) is 25.3 Å². The number of fused-ring (bicyclic) bond motifs is 1. The first-order valence-corrected chi connectivity index (χ1v) is 11.7. The van der Waals surface area contributed by atoms with Crippen molar-refractivity contribution in [1.82, 2.24) is 24.6 Å². The van der Waals surface area contributed by atoms with Crippen molar-refractivity contribution in [2.75, 3.05) is 13.1 Å². The first-order valence-electron chi connectivity index (χ1n) is 11.7. The van der Waals surface area contributed by atoms with Crippen molar-refractivity contribution in [1.29, 1.82) is 0 Å². The first kappa shape index (κ1) is 19.9. The van der Waals surface area contributed by atoms with Crippen LogP contribution in [0, 0.1) is 0 Å². The fourth-order valence-corrected chi connectivity index (χ4v) is 5.07. The number of H-pyrrole nitrogens is 1. The summed E-state index contributed by atoms with van der Waals surface area (Å²) in [6, 6.07) is 25.6. The number of likely N-dealkylation sites (tertiary alicyclic amines) is 1. The van der Waals surface area contributed by atoms with E-state index < -0.39 is 0 Å². The normalized spacial score (nSPS) is 15.3. The molecule has 5 nitrogen and oxygen atoms in total. The molecule has 1 fully saturated rings. The van der Waals surface area contributed by atoms with Gasteiger partial charge in [-0.15, -0.1) is 0 Å². The zero-order valence-corrected chi connectivity index (χ0v) is 18.6. The van der Waals surface area contributed by atoms with Crippen molar-refractivity contribution in [3.05, 3.63) is 103 Å². The first-order chi connectivity index (χ1) is 16.3. The Morgan fingerprint density at radius 2 is 1.73 bits per heavy atom. The molecule has 1 aliphatic rings. The van der Waals surface area contributed by atoms with Gasteiger partial charge in [-0.1, -0.05) is 42.5 Å². The Bertz CT molecular complexity index is 1360. The second-order valence-corrected chi connectivity index (χ2v) is 8.87. The van der Waals surface area contributed by atoms with E-state index in [0.29, 0.717) is 5.92 Å². The van der Waals surface area contributed by atoms with Crippen molar-refractivity contribution in [3.63, 3.8) is 0 Å². The van der Waals surface area contributed by atoms with Crippen molar-refractivity contribution in [3.8, 4) is 16.9 Å². The molecule has 1 N–H and O–H groups in total. The van der Waals surface area contributed by atoms with Gasteiger partial charge in [0.2, 0.25) is 0 Å². The van der Waals surface area contributed by atoms with Gasteiger partial charge < -0.3 is 4.57 Å². The van der Waals surface area contributed by atoms with Gasteiger partial charge in [0.05, 0.1) is 6.20 Å². The molecule has 0 bridgehead atoms. The van der Waals surface area contributed by atoms with Crippen LogP contribution in [0.2, 0.25) is 0 Å². The summed E-state index contributed by atoms with van der Waals surface area (Å²) in [5, 5.41) is 10.3. The van der Waals surface area contributed by atoms with Gasteiger partial charge in [-0.2, -0.15) is 5.10 Å². The standard InChI is InChI=1S/C28H27N5/c1-2-7-23-18-24(11-10-21(23)6-1)26-19-30-31-28(26)22-12-16-32(17-13-22)20-25-8-5-15-33(25)27-9-3-4-14-29-27/h1-11,14-15,18-19,22H,12-13,16-17,20H2,(H,30,31). The SMILES string of the molecule is c1ccc(-n2cccc2CN2CCC(c3[nH]ncc3-c3ccc4ccccc4c3)CC2)nc1. The zero-order chi connectivity index (χ0) is 22.0. The van der Waals surface area contributed by atoms with E-state index in [-0.39, 0.29) is 0 Å². The maximum Gasteiger partial charge on any atom is 0.136 e. The van der Waals surface area contributed by atoms with Crippen LogP contribution in [0.5, 0.6) is 0 Å². The molecule has 33 heavy (non-hydrogen) atoms. The van der Waals surface area contributed by atoms with Crippen LogP contribution >= 0.6 is 0 Å². The lowest BCUT2D eigenvalue weighted by molar-refractivity contribution is 0.200. The fourth-order valence-electron chi connectivity index (χ4n) is 5.07. The average molecular weight is 434 g/mol. The summed E-state index contributed by atoms with van der Waals surface area (Å²) in [5.74, 6) is 1.48. The highest BCUT2D eigenvalue weighted by Gasteiger charge is 2.25. The molecule has 1 aliphatic heterocycles. The molecule has 2 aromatic carbocycles. The number of hydrogen-bond acceptors (Lipinski definition) is 3. The number of aromatic amines is 1. The minimum Gasteiger partial charge on any atom is -0.304 e. The number of pyridine rings is 1. The number of nitrogens with one attached hydrogen (secondary N) is 1. The molecule has 0 atom stereocenters. The Morgan fingerprint density at radius 3 is 2.58 bits per heavy atom. The van der Waals surface area contributed by atoms with Crippen molar-refractivity contribution < 1.29 is 0 Å². The van der Waals surface area contributed by atoms with E-state index in [0.717, 1.165) is 38.3 Å². The molecular weight excluding hydrogens is 406 g/mol. The maximum atomic E-state index is 4.51. The smallest absolute Gasteiger partial charge is 0.136 e. The highest BCUT2D eigenvalue weighted by atomic mass is 15.2. The largest absolute Gasteiger partial charge is 0.304 e. The predicted molar refractivity (Wildman–Crippen MR) is 132 cm³/mol. The Labute approximate surface area is 193 Å². The molecular formula is C28H27N5. The number of nitrogens with zero attached hydrogens (tertiary/aromatic N) is 4. The van der Waals surface area contributed by atoms with Gasteiger partial charge in [0.15, 0.2) is 0 Å². The predicted octanol–water partition coefficient (Wildman–Crippen LogP) is 5.80. The van der Waals surface area contributed by atoms with Gasteiger partial charge in [0.1, 0.15) is 5.82 Å². The highest BCUT2D eigenvalue weighted by Crippen LogP contribution is 2.35. The van der Waals surface area contributed by atoms with Crippen LogP contribution < -0.4 is 0 Å². The fraction of sp³-hybridized carbons (Fsp3) is 0.214. The van der Waals surface area contributed by atoms with Gasteiger partial charge in [-0.05, 0) is 72.6 Å². The van der Waals surface area contributed by atoms with Gasteiger partial charge >= 0.3 is 0 Å². The molecule has 6 rings (SSSR count). The summed E-state index contributed by atoms with van der Waals surface area (Å²) >= 11 is 0. The van der Waals surface area contributed by atoms with Crippen LogP contribution in [0.3, 0.4) is 0 Å². The average Bonchev–Trinajstić information content (AvgIpc) is 3.55. The monoisotopic (exact) mass is 433 g/mol. The second-order valence-electron chi connectivity index (χ2n) is 8.87. The number of aromatic nitrogens is 4. The second kappa shape index (κ2) is 8.68. The van der Waals surface area contributed by atoms with Gasteiger partial charge in [0, 0.05) is 41.8 Å². The summed E-state index contributed by atoms with van der Waals surface area (Å²) in [4.78, 5) is 7.06. The van der Waals surface area contributed by atoms with Crippen LogP contribution in [0.25, 0.3) is 27.7 Å². The van der Waals surface area contributed by atoms with E-state index in [4.69, 9.17) is 0 Å². The summed E-state index contributed by atoms with van der Waals surface area (Å²) in [7, 11) is 0. The topological polar surface area (TPSA) is 49.7 Å². The third kappa shape index (κ3) is 3.96. The number of benzene rings is 2. The lowest BCUT2D eigenvalue weighted by atomic mass is 9.89. The molecule has 3 aromatic heterocycles. The van der Waals surface area contributed by atoms with Crippen molar-refractivity contribution in [2.24, 2.45) is 0 Å². The number of hydrogen-bond donors (Lipinski definition) is 1. The molecule has 0 amide bonds. The van der Waals surface area contributed by atoms with Crippen LogP contribution in [-0.2, 0) is 6.54 Å². The van der Waals surface area contributed by atoms with Crippen molar-refractivity contribution >= 4 is 10.8 Å². The Morgan fingerprint density at radius 1 is 0.879 bits per heavy atom. The van der Waals surface area contributed by atoms with E-state index in [1.54, 1.807) is 0 Å². The number of piperidine rings is 1. The molecule has 1 saturated heterocycles. The summed E-state index contributed by atoms with van der Waals surface area (Å²) in [5.41, 5.74) is 5.05. The molecule has 0 spiro atoms. The van der Waals surface area contributed by atoms with Crippen LogP contribution in [0.4, 0.5) is 0 Å². The maximum absolute atomic E-state index is 4.51. The molecule has 164 valence electrons. The van der Waals surface area contributed by atoms with E-state index in [2.05, 4.69) is 91.5 Å². The Kier molecular flexibility index (Phi) is 5.25. The lowest BCUT2D eigenvalue weighted by Crippen LogP contribution is -2.33. The highest BCUT2D eigenvalue weighted by molar-refractivity contribution is 5.87. The van der Waals surface area contributed by atoms with E-state index in [9.17, 15) is 0 Å². The van der Waals surface area contributed by atoms with Gasteiger partial charge in [-0.3, -0.25) is 10.00 Å². The van der Waals surface area contributed by atoms with E-state index in [1.165, 1.54) is 33.3 Å². The third-order valence-electron chi connectivity index (χ3n) is 6.84. The van der Waals surface area contributed by atoms with E-state index in [1.807, 2.05) is 24.5 Å². The van der Waals surface area contributed by atoms with Gasteiger partial charge in [-0.25, -0.2) is 4.98 Å². The van der Waals surface area contributed by atoms with E-state index >= 15 is 0 Å². The summed E-state index contributed by atoms with van der Waals surface area (Å²) in [6.07, 6.45) is 8.21. The Hall–Kier alpha value is -3.70. The molecule has 5 aromatic rings.